The summed E-state index contributed by atoms with van der Waals surface area (Å²) in [5, 5.41) is 0. The molecule has 9 heavy (non-hydrogen) atoms. The average molecular weight is 150 g/mol. The number of rotatable bonds is 3. The van der Waals surface area contributed by atoms with Crippen molar-refractivity contribution in [3.8, 4) is 0 Å². The summed E-state index contributed by atoms with van der Waals surface area (Å²) in [4.78, 5) is 10.2. The molecule has 0 aromatic carbocycles. The predicted molar refractivity (Wildman–Crippen MR) is 37.1 cm³/mol. The molecule has 1 amide bonds. The number of carbonyl (C=O) groups is 1. The molecule has 4 heteroatoms. The third-order valence-corrected chi connectivity index (χ3v) is 1.83. The largest absolute Gasteiger partial charge is 0.301 e. The quantitative estimate of drug-likeness (QED) is 0.403. The molecule has 0 aliphatic heterocycles. The van der Waals surface area contributed by atoms with Crippen LogP contribution in [0.25, 0.3) is 0 Å². The number of hydrogen-bond donors (Lipinski definition) is 0. The van der Waals surface area contributed by atoms with E-state index in [2.05, 4.69) is 0 Å². The van der Waals surface area contributed by atoms with Crippen LogP contribution in [0.1, 0.15) is 0 Å². The number of quaternary nitrogens is 1. The van der Waals surface area contributed by atoms with Crippen molar-refractivity contribution in [3.63, 3.8) is 0 Å². The number of nitrogens with zero attached hydrogens (tertiary/aromatic N) is 1. The topological polar surface area (TPSA) is 34.1 Å². The molecule has 0 rings (SSSR count). The lowest BCUT2D eigenvalue weighted by Crippen LogP contribution is -2.40. The molecule has 0 aliphatic carbocycles. The van der Waals surface area contributed by atoms with Gasteiger partial charge in [0.15, 0.2) is 5.88 Å². The highest BCUT2D eigenvalue weighted by Crippen LogP contribution is 1.91. The lowest BCUT2D eigenvalue weighted by Gasteiger charge is -2.18. The van der Waals surface area contributed by atoms with Gasteiger partial charge in [0, 0.05) is 6.26 Å². The molecule has 54 valence electrons. The average Bonchev–Trinajstić information content (AvgIpc) is 1.63. The SMILES string of the molecule is CS(=O)C[N+](C)(C)C=O. The first-order valence-corrected chi connectivity index (χ1v) is 4.30. The number of hydrogen-bond acceptors (Lipinski definition) is 2. The number of amides is 1. The van der Waals surface area contributed by atoms with E-state index < -0.39 is 10.8 Å². The fourth-order valence-electron chi connectivity index (χ4n) is 0.499. The van der Waals surface area contributed by atoms with E-state index >= 15 is 0 Å². The lowest BCUT2D eigenvalue weighted by atomic mass is 10.7. The molecular formula is C5H12NO2S+. The Balaban J connectivity index is 3.86. The maximum absolute atomic E-state index is 10.6. The molecule has 0 aromatic heterocycles. The molecule has 0 aliphatic rings. The van der Waals surface area contributed by atoms with Crippen LogP contribution in [-0.2, 0) is 15.6 Å². The molecule has 0 saturated carbocycles. The predicted octanol–water partition coefficient (Wildman–Crippen LogP) is -0.445. The van der Waals surface area contributed by atoms with Crippen LogP contribution in [0.4, 0.5) is 0 Å². The van der Waals surface area contributed by atoms with Gasteiger partial charge in [0.05, 0.1) is 24.9 Å². The first kappa shape index (κ1) is 8.78. The zero-order chi connectivity index (χ0) is 7.49. The van der Waals surface area contributed by atoms with Crippen LogP contribution in [0.5, 0.6) is 0 Å². The van der Waals surface area contributed by atoms with Crippen molar-refractivity contribution in [1.82, 2.24) is 0 Å². The van der Waals surface area contributed by atoms with Crippen LogP contribution in [0.15, 0.2) is 0 Å². The van der Waals surface area contributed by atoms with Gasteiger partial charge in [-0.3, -0.25) is 8.69 Å². The maximum atomic E-state index is 10.6. The molecule has 0 fully saturated rings. The van der Waals surface area contributed by atoms with Crippen molar-refractivity contribution >= 4 is 17.2 Å². The van der Waals surface area contributed by atoms with E-state index in [1.165, 1.54) is 0 Å². The molecule has 0 bridgehead atoms. The second-order valence-corrected chi connectivity index (χ2v) is 3.99. The minimum atomic E-state index is -0.894. The molecule has 0 saturated heterocycles. The summed E-state index contributed by atoms with van der Waals surface area (Å²) in [6.45, 7) is 0. The van der Waals surface area contributed by atoms with Crippen molar-refractivity contribution in [2.45, 2.75) is 0 Å². The van der Waals surface area contributed by atoms with Crippen LogP contribution >= 0.6 is 0 Å². The monoisotopic (exact) mass is 150 g/mol. The van der Waals surface area contributed by atoms with E-state index in [0.29, 0.717) is 5.88 Å². The third kappa shape index (κ3) is 4.29. The highest BCUT2D eigenvalue weighted by atomic mass is 32.2. The summed E-state index contributed by atoms with van der Waals surface area (Å²) >= 11 is 0. The second-order valence-electron chi connectivity index (χ2n) is 2.59. The highest BCUT2D eigenvalue weighted by molar-refractivity contribution is 7.84. The Morgan fingerprint density at radius 1 is 1.56 bits per heavy atom. The molecular weight excluding hydrogens is 138 g/mol. The van der Waals surface area contributed by atoms with Gasteiger partial charge in [0.1, 0.15) is 0 Å². The second kappa shape index (κ2) is 3.08. The Bertz CT molecular complexity index is 133. The van der Waals surface area contributed by atoms with Crippen molar-refractivity contribution in [3.05, 3.63) is 0 Å². The van der Waals surface area contributed by atoms with E-state index in [0.717, 1.165) is 6.41 Å². The Labute approximate surface area is 57.7 Å². The molecule has 0 spiro atoms. The summed E-state index contributed by atoms with van der Waals surface area (Å²) in [5.41, 5.74) is 0. The Hall–Kier alpha value is -0.220. The van der Waals surface area contributed by atoms with Crippen LogP contribution < -0.4 is 0 Å². The molecule has 0 N–H and O–H groups in total. The van der Waals surface area contributed by atoms with Gasteiger partial charge in [-0.1, -0.05) is 0 Å². The smallest absolute Gasteiger partial charge is 0.258 e. The maximum Gasteiger partial charge on any atom is 0.301 e. The zero-order valence-electron chi connectivity index (χ0n) is 5.96. The van der Waals surface area contributed by atoms with E-state index in [9.17, 15) is 9.00 Å². The lowest BCUT2D eigenvalue weighted by molar-refractivity contribution is -0.790. The van der Waals surface area contributed by atoms with Gasteiger partial charge in [0.2, 0.25) is 0 Å². The van der Waals surface area contributed by atoms with Crippen molar-refractivity contribution < 1.29 is 13.5 Å². The molecule has 0 radical (unpaired) electrons. The highest BCUT2D eigenvalue weighted by Gasteiger charge is 2.14. The minimum absolute atomic E-state index is 0.170. The van der Waals surface area contributed by atoms with Crippen LogP contribution in [0.2, 0.25) is 0 Å². The molecule has 1 unspecified atom stereocenters. The third-order valence-electron chi connectivity index (χ3n) is 0.800. The van der Waals surface area contributed by atoms with E-state index in [1.54, 1.807) is 20.4 Å². The van der Waals surface area contributed by atoms with Gasteiger partial charge in [-0.2, -0.15) is 0 Å². The van der Waals surface area contributed by atoms with Gasteiger partial charge in [-0.05, 0) is 0 Å². The summed E-state index contributed by atoms with van der Waals surface area (Å²) in [6, 6.07) is 0. The minimum Gasteiger partial charge on any atom is -0.258 e. The fraction of sp³-hybridized carbons (Fsp3) is 0.800. The standard InChI is InChI=1S/C5H12NO2S/c1-6(2,4-7)5-9(3)8/h4H,5H2,1-3H3/q+1. The zero-order valence-corrected chi connectivity index (χ0v) is 6.77. The summed E-state index contributed by atoms with van der Waals surface area (Å²) in [6.07, 6.45) is 2.37. The van der Waals surface area contributed by atoms with Gasteiger partial charge in [0.25, 0.3) is 0 Å². The summed E-state index contributed by atoms with van der Waals surface area (Å²) in [7, 11) is 2.54. The molecule has 0 heterocycles. The van der Waals surface area contributed by atoms with Crippen molar-refractivity contribution in [1.29, 1.82) is 0 Å². The summed E-state index contributed by atoms with van der Waals surface area (Å²) < 4.78 is 10.7. The van der Waals surface area contributed by atoms with Crippen molar-refractivity contribution in [2.24, 2.45) is 0 Å². The fourth-order valence-corrected chi connectivity index (χ4v) is 1.50. The molecule has 0 aromatic rings. The van der Waals surface area contributed by atoms with E-state index in [-0.39, 0.29) is 4.48 Å². The first-order chi connectivity index (χ1) is 3.98. The molecule has 3 nitrogen and oxygen atoms in total. The Kier molecular flexibility index (Phi) is 3.00. The van der Waals surface area contributed by atoms with Crippen molar-refractivity contribution in [2.75, 3.05) is 26.2 Å². The normalized spacial score (nSPS) is 15.0. The van der Waals surface area contributed by atoms with Gasteiger partial charge < -0.3 is 0 Å². The molecule has 1 atom stereocenters. The Morgan fingerprint density at radius 3 is 2.11 bits per heavy atom. The van der Waals surface area contributed by atoms with E-state index in [4.69, 9.17) is 0 Å². The summed E-state index contributed by atoms with van der Waals surface area (Å²) in [5.74, 6) is 0.392. The van der Waals surface area contributed by atoms with Gasteiger partial charge in [-0.25, -0.2) is 4.79 Å². The first-order valence-electron chi connectivity index (χ1n) is 2.57. The number of carbonyl (C=O) groups excluding carboxylic acids is 1. The van der Waals surface area contributed by atoms with Gasteiger partial charge in [-0.15, -0.1) is 0 Å². The van der Waals surface area contributed by atoms with Crippen LogP contribution in [0.3, 0.4) is 0 Å². The van der Waals surface area contributed by atoms with Crippen LogP contribution in [-0.4, -0.2) is 41.3 Å². The Morgan fingerprint density at radius 2 is 2.00 bits per heavy atom. The van der Waals surface area contributed by atoms with E-state index in [1.807, 2.05) is 0 Å². The van der Waals surface area contributed by atoms with Gasteiger partial charge >= 0.3 is 6.41 Å². The van der Waals surface area contributed by atoms with Crippen LogP contribution in [0, 0.1) is 0 Å².